The number of amides is 1. The topological polar surface area (TPSA) is 80.1 Å². The molecule has 6 nitrogen and oxygen atoms in total. The summed E-state index contributed by atoms with van der Waals surface area (Å²) in [5, 5.41) is 10.8. The molecule has 1 heterocycles. The Kier molecular flexibility index (Phi) is 7.27. The summed E-state index contributed by atoms with van der Waals surface area (Å²) in [5.41, 5.74) is 0.928. The van der Waals surface area contributed by atoms with Crippen LogP contribution in [0.2, 0.25) is 0 Å². The Morgan fingerprint density at radius 1 is 1.44 bits per heavy atom. The molecule has 1 aliphatic rings. The smallest absolute Gasteiger partial charge is 0.331 e. The molecule has 8 heteroatoms. The second kappa shape index (κ2) is 9.43. The molecule has 1 amide bonds. The molecule has 25 heavy (non-hydrogen) atoms. The molecule has 132 valence electrons. The lowest BCUT2D eigenvalue weighted by atomic mass is 10.2. The van der Waals surface area contributed by atoms with E-state index < -0.39 is 11.9 Å². The molecule has 2 rings (SSSR count). The van der Waals surface area contributed by atoms with Crippen LogP contribution in [0.5, 0.6) is 0 Å². The summed E-state index contributed by atoms with van der Waals surface area (Å²) in [6.45, 7) is 4.37. The highest BCUT2D eigenvalue weighted by Gasteiger charge is 2.24. The Hall–Kier alpha value is -2.06. The number of nitrogens with one attached hydrogen (secondary N) is 1. The molecule has 1 fully saturated rings. The van der Waals surface area contributed by atoms with E-state index in [1.807, 2.05) is 18.2 Å². The summed E-state index contributed by atoms with van der Waals surface area (Å²) in [4.78, 5) is 24.3. The number of hydrogen-bond donors (Lipinski definition) is 1. The van der Waals surface area contributed by atoms with Crippen molar-refractivity contribution in [3.63, 3.8) is 0 Å². The fraction of sp³-hybridized carbons (Fsp3) is 0.294. The fourth-order valence-electron chi connectivity index (χ4n) is 1.74. The number of carbonyl (C=O) groups is 2. The second-order valence-corrected chi connectivity index (χ2v) is 7.64. The minimum absolute atomic E-state index is 0.230. The van der Waals surface area contributed by atoms with Gasteiger partial charge in [-0.3, -0.25) is 10.1 Å². The van der Waals surface area contributed by atoms with E-state index >= 15 is 0 Å². The first kappa shape index (κ1) is 19.3. The van der Waals surface area contributed by atoms with Crippen molar-refractivity contribution in [2.45, 2.75) is 18.7 Å². The Bertz CT molecular complexity index is 742. The van der Waals surface area contributed by atoms with Gasteiger partial charge in [0.2, 0.25) is 0 Å². The van der Waals surface area contributed by atoms with Gasteiger partial charge in [-0.2, -0.15) is 5.10 Å². The number of hydrogen-bond acceptors (Lipinski definition) is 7. The van der Waals surface area contributed by atoms with Crippen LogP contribution in [-0.2, 0) is 14.3 Å². The molecule has 1 aromatic carbocycles. The van der Waals surface area contributed by atoms with Crippen molar-refractivity contribution in [3.8, 4) is 0 Å². The number of carbonyl (C=O) groups excluding carboxylic acids is 2. The van der Waals surface area contributed by atoms with Crippen LogP contribution in [0.15, 0.2) is 50.3 Å². The Labute approximate surface area is 155 Å². The number of amidine groups is 1. The van der Waals surface area contributed by atoms with E-state index in [0.717, 1.165) is 29.2 Å². The zero-order valence-electron chi connectivity index (χ0n) is 14.2. The third-order valence-corrected chi connectivity index (χ3v) is 5.22. The fourth-order valence-corrected chi connectivity index (χ4v) is 3.40. The lowest BCUT2D eigenvalue weighted by Crippen LogP contribution is -2.19. The monoisotopic (exact) mass is 377 g/mol. The predicted molar refractivity (Wildman–Crippen MR) is 103 cm³/mol. The lowest BCUT2D eigenvalue weighted by molar-refractivity contribution is -0.135. The van der Waals surface area contributed by atoms with E-state index in [4.69, 9.17) is 0 Å². The van der Waals surface area contributed by atoms with Gasteiger partial charge in [-0.05, 0) is 35.4 Å². The molecule has 1 aliphatic heterocycles. The van der Waals surface area contributed by atoms with E-state index in [2.05, 4.69) is 40.2 Å². The maximum Gasteiger partial charge on any atom is 0.331 e. The predicted octanol–water partition coefficient (Wildman–Crippen LogP) is 3.04. The standard InChI is InChI=1S/C17H19N3O3S2/c1-11(2)10-24-13-6-4-5-12(7-13)9-18-20-17-19-16(22)14(25-17)8-15(21)23-3/h4-9,11H,10H2,1-3H3,(H,19,20,22)/b14-8+,18-9?. The molecular formula is C17H19N3O3S2. The van der Waals surface area contributed by atoms with Crippen LogP contribution in [-0.4, -0.2) is 36.1 Å². The maximum atomic E-state index is 11.7. The third kappa shape index (κ3) is 6.39. The summed E-state index contributed by atoms with van der Waals surface area (Å²) in [6.07, 6.45) is 2.75. The Morgan fingerprint density at radius 2 is 2.24 bits per heavy atom. The van der Waals surface area contributed by atoms with Gasteiger partial charge in [0.05, 0.1) is 18.2 Å². The van der Waals surface area contributed by atoms with Crippen molar-refractivity contribution in [1.29, 1.82) is 0 Å². The zero-order valence-corrected chi connectivity index (χ0v) is 15.8. The minimum Gasteiger partial charge on any atom is -0.466 e. The average molecular weight is 377 g/mol. The first-order valence-corrected chi connectivity index (χ1v) is 9.41. The number of rotatable bonds is 6. The van der Waals surface area contributed by atoms with E-state index in [1.54, 1.807) is 18.0 Å². The Balaban J connectivity index is 2.00. The van der Waals surface area contributed by atoms with Crippen molar-refractivity contribution in [2.75, 3.05) is 12.9 Å². The van der Waals surface area contributed by atoms with E-state index in [-0.39, 0.29) is 4.91 Å². The molecule has 0 spiro atoms. The van der Waals surface area contributed by atoms with Gasteiger partial charge >= 0.3 is 5.97 Å². The van der Waals surface area contributed by atoms with Crippen molar-refractivity contribution in [2.24, 2.45) is 16.1 Å². The van der Waals surface area contributed by atoms with Crippen LogP contribution in [0.25, 0.3) is 0 Å². The summed E-state index contributed by atoms with van der Waals surface area (Å²) in [6, 6.07) is 8.01. The van der Waals surface area contributed by atoms with E-state index in [9.17, 15) is 9.59 Å². The van der Waals surface area contributed by atoms with Gasteiger partial charge in [0, 0.05) is 16.7 Å². The highest BCUT2D eigenvalue weighted by Crippen LogP contribution is 2.23. The minimum atomic E-state index is -0.585. The zero-order chi connectivity index (χ0) is 18.2. The highest BCUT2D eigenvalue weighted by molar-refractivity contribution is 8.18. The van der Waals surface area contributed by atoms with Crippen LogP contribution < -0.4 is 5.32 Å². The van der Waals surface area contributed by atoms with Crippen LogP contribution in [0.4, 0.5) is 0 Å². The molecule has 0 radical (unpaired) electrons. The van der Waals surface area contributed by atoms with Gasteiger partial charge in [-0.25, -0.2) is 4.79 Å². The number of methoxy groups -OCH3 is 1. The van der Waals surface area contributed by atoms with Crippen molar-refractivity contribution < 1.29 is 14.3 Å². The van der Waals surface area contributed by atoms with Crippen LogP contribution in [0, 0.1) is 5.92 Å². The van der Waals surface area contributed by atoms with Crippen LogP contribution >= 0.6 is 23.5 Å². The molecule has 0 saturated carbocycles. The molecule has 0 aliphatic carbocycles. The van der Waals surface area contributed by atoms with Gasteiger partial charge in [0.1, 0.15) is 0 Å². The molecule has 1 N–H and O–H groups in total. The molecule has 0 atom stereocenters. The van der Waals surface area contributed by atoms with Crippen LogP contribution in [0.1, 0.15) is 19.4 Å². The summed E-state index contributed by atoms with van der Waals surface area (Å²) in [5.74, 6) is 0.708. The first-order valence-electron chi connectivity index (χ1n) is 7.60. The number of esters is 1. The average Bonchev–Trinajstić information content (AvgIpc) is 2.93. The van der Waals surface area contributed by atoms with Crippen molar-refractivity contribution >= 4 is 46.8 Å². The normalized spacial score (nSPS) is 17.7. The molecule has 0 unspecified atom stereocenters. The molecule has 0 bridgehead atoms. The van der Waals surface area contributed by atoms with Gasteiger partial charge in [0.25, 0.3) is 5.91 Å². The lowest BCUT2D eigenvalue weighted by Gasteiger charge is -2.04. The number of nitrogens with zero attached hydrogens (tertiary/aromatic N) is 2. The molecule has 0 aromatic heterocycles. The Morgan fingerprint density at radius 3 is 2.96 bits per heavy atom. The summed E-state index contributed by atoms with van der Waals surface area (Å²) >= 11 is 2.84. The number of ether oxygens (including phenoxy) is 1. The molecule has 1 aromatic rings. The van der Waals surface area contributed by atoms with Crippen molar-refractivity contribution in [1.82, 2.24) is 5.32 Å². The highest BCUT2D eigenvalue weighted by atomic mass is 32.2. The maximum absolute atomic E-state index is 11.7. The van der Waals surface area contributed by atoms with Gasteiger partial charge in [-0.15, -0.1) is 16.9 Å². The number of thioether (sulfide) groups is 2. The van der Waals surface area contributed by atoms with E-state index in [1.165, 1.54) is 12.0 Å². The van der Waals surface area contributed by atoms with Crippen molar-refractivity contribution in [3.05, 3.63) is 40.8 Å². The molecular weight excluding hydrogens is 358 g/mol. The van der Waals surface area contributed by atoms with E-state index in [0.29, 0.717) is 11.1 Å². The SMILES string of the molecule is COC(=O)/C=C1/S/C(=N\N=Cc2cccc(SCC(C)C)c2)NC1=O. The van der Waals surface area contributed by atoms with Gasteiger partial charge < -0.3 is 4.74 Å². The first-order chi connectivity index (χ1) is 12.0. The second-order valence-electron chi connectivity index (χ2n) is 5.51. The third-order valence-electron chi connectivity index (χ3n) is 2.90. The summed E-state index contributed by atoms with van der Waals surface area (Å²) < 4.78 is 4.50. The largest absolute Gasteiger partial charge is 0.466 e. The van der Waals surface area contributed by atoms with Gasteiger partial charge in [-0.1, -0.05) is 26.0 Å². The summed E-state index contributed by atoms with van der Waals surface area (Å²) in [7, 11) is 1.25. The van der Waals surface area contributed by atoms with Gasteiger partial charge in [0.15, 0.2) is 5.17 Å². The quantitative estimate of drug-likeness (QED) is 0.271. The molecule has 1 saturated heterocycles. The number of benzene rings is 1. The van der Waals surface area contributed by atoms with Crippen LogP contribution in [0.3, 0.4) is 0 Å².